The number of carbonyl (C=O) groups is 6. The van der Waals surface area contributed by atoms with Crippen molar-refractivity contribution in [1.82, 2.24) is 0 Å². The van der Waals surface area contributed by atoms with E-state index in [9.17, 15) is 33.9 Å². The van der Waals surface area contributed by atoms with Crippen LogP contribution in [0, 0.1) is 30.6 Å². The van der Waals surface area contributed by atoms with Gasteiger partial charge in [0.25, 0.3) is 5.78 Å². The Morgan fingerprint density at radius 1 is 0.842 bits per heavy atom. The van der Waals surface area contributed by atoms with Crippen molar-refractivity contribution in [1.29, 1.82) is 0 Å². The van der Waals surface area contributed by atoms with Crippen LogP contribution in [0.1, 0.15) is 99.0 Å². The molecule has 15 heteroatoms. The Morgan fingerprint density at radius 3 is 2.04 bits per heavy atom. The second-order valence-electron chi connectivity index (χ2n) is 14.7. The highest BCUT2D eigenvalue weighted by molar-refractivity contribution is 6.30. The van der Waals surface area contributed by atoms with E-state index in [1.54, 1.807) is 52.8 Å². The lowest BCUT2D eigenvalue weighted by Crippen LogP contribution is -2.47. The van der Waals surface area contributed by atoms with Crippen LogP contribution in [0.3, 0.4) is 0 Å². The highest BCUT2D eigenvalue weighted by atomic mass is 16.7. The van der Waals surface area contributed by atoms with E-state index >= 15 is 0 Å². The van der Waals surface area contributed by atoms with E-state index in [1.807, 2.05) is 0 Å². The zero-order valence-corrected chi connectivity index (χ0v) is 34.3. The Labute approximate surface area is 331 Å². The van der Waals surface area contributed by atoms with Gasteiger partial charge in [-0.3, -0.25) is 28.8 Å². The van der Waals surface area contributed by atoms with Gasteiger partial charge < -0.3 is 38.3 Å². The monoisotopic (exact) mass is 793 g/mol. The highest BCUT2D eigenvalue weighted by Gasteiger charge is 2.52. The van der Waals surface area contributed by atoms with Crippen LogP contribution in [0.25, 0.3) is 0 Å². The summed E-state index contributed by atoms with van der Waals surface area (Å²) >= 11 is 0. The number of allylic oxidation sites excluding steroid dienone is 4. The fourth-order valence-electron chi connectivity index (χ4n) is 7.43. The van der Waals surface area contributed by atoms with E-state index in [4.69, 9.17) is 33.2 Å². The summed E-state index contributed by atoms with van der Waals surface area (Å²) in [5.74, 6) is -9.32. The Kier molecular flexibility index (Phi) is 13.8. The lowest BCUT2D eigenvalue weighted by Gasteiger charge is -2.38. The van der Waals surface area contributed by atoms with Crippen molar-refractivity contribution in [3.63, 3.8) is 0 Å². The molecule has 5 rings (SSSR count). The number of methoxy groups -OCH3 is 2. The third kappa shape index (κ3) is 9.10. The summed E-state index contributed by atoms with van der Waals surface area (Å²) in [4.78, 5) is 83.7. The SMILES string of the molecule is COC1=NC2=CC(=O)c3c(c(OC(C)=O)c(C)c4c3C(=O)[C@@](C)(OC=C[C@H](OC)[C@H](C)[C@H](OC(C)=O)[C@H](C)[C@H](O)[C@H](C)[C@H](OC(C)=O)[C@@H](C)C=CC=C1C)O4)C2=O. The maximum atomic E-state index is 14.2. The van der Waals surface area contributed by atoms with Crippen molar-refractivity contribution >= 4 is 41.2 Å². The summed E-state index contributed by atoms with van der Waals surface area (Å²) in [6, 6.07) is 0. The standard InChI is InChI=1S/C42H51NO14/c1-19-14-13-15-20(2)41(52-12)43-28-18-29(47)31-32(35(28)49)38(56-27(9)46)24(6)39-33(31)40(50)42(10,57-39)53-17-16-30(51-11)21(3)37(55-26(8)45)23(5)34(48)22(4)36(19)54-25(7)44/h13-19,21-23,30,34,36-37,48H,1-12H3/t19-,21-,22-,23+,30-,34+,36+,37-,42-/m0/s1. The summed E-state index contributed by atoms with van der Waals surface area (Å²) < 4.78 is 40.3. The van der Waals surface area contributed by atoms with Gasteiger partial charge in [0.1, 0.15) is 29.4 Å². The maximum absolute atomic E-state index is 14.2. The van der Waals surface area contributed by atoms with Crippen LogP contribution in [0.5, 0.6) is 11.5 Å². The van der Waals surface area contributed by atoms with E-state index < -0.39 is 89.1 Å². The van der Waals surface area contributed by atoms with Crippen molar-refractivity contribution in [2.45, 2.75) is 99.4 Å². The van der Waals surface area contributed by atoms with Crippen molar-refractivity contribution in [3.8, 4) is 11.5 Å². The van der Waals surface area contributed by atoms with Crippen molar-refractivity contribution in [2.24, 2.45) is 28.7 Å². The smallest absolute Gasteiger partial charge is 0.312 e. The molecule has 3 aliphatic heterocycles. The number of ether oxygens (including phenoxy) is 7. The first-order chi connectivity index (χ1) is 26.7. The molecule has 1 N–H and O–H groups in total. The van der Waals surface area contributed by atoms with Gasteiger partial charge in [0.15, 0.2) is 5.78 Å². The molecule has 1 aromatic rings. The topological polar surface area (TPSA) is 200 Å². The van der Waals surface area contributed by atoms with Gasteiger partial charge in [-0.05, 0) is 19.9 Å². The minimum absolute atomic E-state index is 0.0363. The fraction of sp³-hybridized carbons (Fsp3) is 0.500. The third-order valence-corrected chi connectivity index (χ3v) is 10.4. The van der Waals surface area contributed by atoms with Crippen molar-refractivity contribution in [3.05, 3.63) is 70.2 Å². The number of nitrogens with zero attached hydrogens (tertiary/aromatic N) is 1. The zero-order valence-electron chi connectivity index (χ0n) is 34.3. The summed E-state index contributed by atoms with van der Waals surface area (Å²) in [6.07, 6.45) is 4.92. The molecule has 0 amide bonds. The molecule has 3 heterocycles. The number of Topliss-reactive ketones (excluding diaryl/α,β-unsaturated/α-hetero) is 2. The average Bonchev–Trinajstić information content (AvgIpc) is 3.40. The van der Waals surface area contributed by atoms with Crippen LogP contribution in [0.4, 0.5) is 0 Å². The number of aliphatic hydroxyl groups is 1. The predicted octanol–water partition coefficient (Wildman–Crippen LogP) is 5.35. The molecule has 0 saturated heterocycles. The Bertz CT molecular complexity index is 1990. The second kappa shape index (κ2) is 17.8. The number of benzene rings is 1. The number of fused-ring (bicyclic) bond motifs is 13. The number of rotatable bonds is 4. The molecule has 5 bridgehead atoms. The van der Waals surface area contributed by atoms with Crippen LogP contribution in [-0.4, -0.2) is 90.7 Å². The first-order valence-electron chi connectivity index (χ1n) is 18.5. The molecule has 0 fully saturated rings. The van der Waals surface area contributed by atoms with Crippen LogP contribution in [-0.2, 0) is 38.1 Å². The second-order valence-corrected chi connectivity index (χ2v) is 14.7. The maximum Gasteiger partial charge on any atom is 0.312 e. The summed E-state index contributed by atoms with van der Waals surface area (Å²) in [5.41, 5.74) is -0.760. The largest absolute Gasteiger partial charge is 0.481 e. The third-order valence-electron chi connectivity index (χ3n) is 10.4. The van der Waals surface area contributed by atoms with Crippen LogP contribution >= 0.6 is 0 Å². The lowest BCUT2D eigenvalue weighted by molar-refractivity contribution is -0.164. The van der Waals surface area contributed by atoms with E-state index in [1.165, 1.54) is 54.3 Å². The fourth-order valence-corrected chi connectivity index (χ4v) is 7.43. The molecular weight excluding hydrogens is 742 g/mol. The minimum atomic E-state index is -2.07. The van der Waals surface area contributed by atoms with E-state index in [0.29, 0.717) is 5.57 Å². The molecule has 1 aliphatic carbocycles. The predicted molar refractivity (Wildman–Crippen MR) is 205 cm³/mol. The number of esters is 3. The molecule has 0 radical (unpaired) electrons. The summed E-state index contributed by atoms with van der Waals surface area (Å²) in [7, 11) is 2.74. The van der Waals surface area contributed by atoms with Gasteiger partial charge in [0.2, 0.25) is 11.7 Å². The van der Waals surface area contributed by atoms with Gasteiger partial charge in [0.05, 0.1) is 42.3 Å². The molecule has 308 valence electrons. The molecule has 9 atom stereocenters. The van der Waals surface area contributed by atoms with Crippen LogP contribution < -0.4 is 9.47 Å². The van der Waals surface area contributed by atoms with Crippen molar-refractivity contribution in [2.75, 3.05) is 14.2 Å². The average molecular weight is 794 g/mol. The molecule has 0 saturated carbocycles. The Balaban J connectivity index is 1.96. The normalized spacial score (nSPS) is 29.4. The first kappa shape index (κ1) is 44.3. The quantitative estimate of drug-likeness (QED) is 0.302. The van der Waals surface area contributed by atoms with Gasteiger partial charge in [0, 0.05) is 75.7 Å². The number of carbonyl (C=O) groups excluding carboxylic acids is 6. The zero-order chi connectivity index (χ0) is 42.7. The first-order valence-corrected chi connectivity index (χ1v) is 18.5. The number of hydrogen-bond donors (Lipinski definition) is 1. The lowest BCUT2D eigenvalue weighted by atomic mass is 9.78. The van der Waals surface area contributed by atoms with E-state index in [-0.39, 0.29) is 45.3 Å². The van der Waals surface area contributed by atoms with Gasteiger partial charge in [-0.25, -0.2) is 4.99 Å². The molecule has 0 spiro atoms. The number of aliphatic hydroxyl groups excluding tert-OH is 1. The van der Waals surface area contributed by atoms with Crippen LogP contribution in [0.2, 0.25) is 0 Å². The molecule has 57 heavy (non-hydrogen) atoms. The number of hydrogen-bond acceptors (Lipinski definition) is 15. The highest BCUT2D eigenvalue weighted by Crippen LogP contribution is 2.48. The molecular formula is C42H51NO14. The molecule has 0 unspecified atom stereocenters. The summed E-state index contributed by atoms with van der Waals surface area (Å²) in [6.45, 7) is 15.1. The minimum Gasteiger partial charge on any atom is -0.481 e. The van der Waals surface area contributed by atoms with E-state index in [0.717, 1.165) is 13.0 Å². The molecule has 4 aliphatic rings. The summed E-state index contributed by atoms with van der Waals surface area (Å²) in [5, 5.41) is 11.8. The molecule has 15 nitrogen and oxygen atoms in total. The molecule has 0 aromatic heterocycles. The number of aliphatic imine (C=N–C) groups is 1. The van der Waals surface area contributed by atoms with Crippen LogP contribution in [0.15, 0.2) is 52.9 Å². The van der Waals surface area contributed by atoms with Gasteiger partial charge in [-0.2, -0.15) is 0 Å². The number of ketones is 3. The van der Waals surface area contributed by atoms with E-state index in [2.05, 4.69) is 4.99 Å². The Morgan fingerprint density at radius 2 is 1.46 bits per heavy atom. The van der Waals surface area contributed by atoms with Gasteiger partial charge >= 0.3 is 23.7 Å². The van der Waals surface area contributed by atoms with Gasteiger partial charge in [-0.15, -0.1) is 0 Å². The Hall–Kier alpha value is -5.41. The van der Waals surface area contributed by atoms with Crippen molar-refractivity contribution < 1.29 is 67.0 Å². The van der Waals surface area contributed by atoms with Gasteiger partial charge in [-0.1, -0.05) is 45.9 Å². The molecule has 1 aromatic carbocycles.